The predicted octanol–water partition coefficient (Wildman–Crippen LogP) is 5.37. The van der Waals surface area contributed by atoms with Crippen LogP contribution in [0.25, 0.3) is 10.6 Å². The number of nitrogens with zero attached hydrogens (tertiary/aromatic N) is 2. The molecule has 0 aliphatic carbocycles. The molecule has 0 saturated heterocycles. The molecule has 0 atom stereocenters. The zero-order valence-electron chi connectivity index (χ0n) is 17.9. The number of hydrogen-bond acceptors (Lipinski definition) is 6. The van der Waals surface area contributed by atoms with E-state index in [9.17, 15) is 18.0 Å². The summed E-state index contributed by atoms with van der Waals surface area (Å²) in [6, 6.07) is 10.8. The summed E-state index contributed by atoms with van der Waals surface area (Å²) in [5.41, 5.74) is 1.90. The number of rotatable bonds is 8. The third-order valence-corrected chi connectivity index (χ3v) is 5.99. The quantitative estimate of drug-likeness (QED) is 0.420. The van der Waals surface area contributed by atoms with Crippen LogP contribution in [0.2, 0.25) is 0 Å². The molecule has 0 radical (unpaired) electrons. The molecule has 0 aliphatic heterocycles. The van der Waals surface area contributed by atoms with Gasteiger partial charge in [0.15, 0.2) is 6.61 Å². The maximum absolute atomic E-state index is 12.7. The van der Waals surface area contributed by atoms with E-state index in [0.717, 1.165) is 41.2 Å². The lowest BCUT2D eigenvalue weighted by atomic mass is 10.1. The summed E-state index contributed by atoms with van der Waals surface area (Å²) < 4.78 is 48.2. The van der Waals surface area contributed by atoms with E-state index in [1.807, 2.05) is 32.2 Å². The van der Waals surface area contributed by atoms with Crippen LogP contribution in [0, 0.1) is 6.92 Å². The molecular weight excluding hydrogens is 441 g/mol. The van der Waals surface area contributed by atoms with E-state index in [4.69, 9.17) is 4.74 Å². The van der Waals surface area contributed by atoms with Crippen molar-refractivity contribution < 1.29 is 27.4 Å². The normalized spacial score (nSPS) is 11.3. The van der Waals surface area contributed by atoms with Crippen LogP contribution in [0.1, 0.15) is 16.0 Å². The molecule has 32 heavy (non-hydrogen) atoms. The van der Waals surface area contributed by atoms with Gasteiger partial charge in [-0.2, -0.15) is 13.2 Å². The number of ether oxygens (including phenoxy) is 2. The minimum absolute atomic E-state index is 0.140. The van der Waals surface area contributed by atoms with Crippen LogP contribution < -0.4 is 9.64 Å². The number of anilines is 1. The highest BCUT2D eigenvalue weighted by molar-refractivity contribution is 7.15. The molecule has 3 aromatic rings. The second kappa shape index (κ2) is 10.0. The van der Waals surface area contributed by atoms with Gasteiger partial charge in [0.1, 0.15) is 10.8 Å². The van der Waals surface area contributed by atoms with Crippen LogP contribution in [0.3, 0.4) is 0 Å². The van der Waals surface area contributed by atoms with Gasteiger partial charge >= 0.3 is 12.1 Å². The number of alkyl halides is 3. The van der Waals surface area contributed by atoms with Crippen LogP contribution in [0.5, 0.6) is 5.75 Å². The zero-order chi connectivity index (χ0) is 23.3. The first-order valence-electron chi connectivity index (χ1n) is 9.81. The van der Waals surface area contributed by atoms with Crippen molar-refractivity contribution >= 4 is 23.0 Å². The summed E-state index contributed by atoms with van der Waals surface area (Å²) in [6.07, 6.45) is -1.84. The van der Waals surface area contributed by atoms with Crippen LogP contribution in [-0.2, 0) is 22.1 Å². The third kappa shape index (κ3) is 6.00. The Labute approximate surface area is 188 Å². The lowest BCUT2D eigenvalue weighted by Gasteiger charge is -2.20. The average Bonchev–Trinajstić information content (AvgIpc) is 3.25. The number of methoxy groups -OCH3 is 1. The van der Waals surface area contributed by atoms with Crippen molar-refractivity contribution in [3.63, 3.8) is 0 Å². The van der Waals surface area contributed by atoms with Gasteiger partial charge in [0, 0.05) is 42.3 Å². The maximum atomic E-state index is 12.7. The molecule has 0 fully saturated rings. The largest absolute Gasteiger partial charge is 0.482 e. The Balaban J connectivity index is 1.58. The fourth-order valence-corrected chi connectivity index (χ4v) is 3.90. The van der Waals surface area contributed by atoms with E-state index in [2.05, 4.69) is 14.6 Å². The molecule has 0 spiro atoms. The fourth-order valence-electron chi connectivity index (χ4n) is 2.99. The number of carbonyl (C=O) groups is 1. The first-order valence-corrected chi connectivity index (χ1v) is 10.6. The van der Waals surface area contributed by atoms with Crippen molar-refractivity contribution in [2.24, 2.45) is 0 Å². The molecule has 170 valence electrons. The van der Waals surface area contributed by atoms with Crippen molar-refractivity contribution in [3.8, 4) is 16.3 Å². The minimum Gasteiger partial charge on any atom is -0.482 e. The van der Waals surface area contributed by atoms with Crippen molar-refractivity contribution in [1.29, 1.82) is 0 Å². The first-order chi connectivity index (χ1) is 15.2. The highest BCUT2D eigenvalue weighted by Gasteiger charge is 2.30. The highest BCUT2D eigenvalue weighted by Crippen LogP contribution is 2.32. The topological polar surface area (TPSA) is 51.7 Å². The zero-order valence-corrected chi connectivity index (χ0v) is 18.7. The molecular formula is C23H23F3N2O3S. The van der Waals surface area contributed by atoms with Gasteiger partial charge in [-0.1, -0.05) is 12.1 Å². The summed E-state index contributed by atoms with van der Waals surface area (Å²) in [5, 5.41) is 0.694. The lowest BCUT2D eigenvalue weighted by molar-refractivity contribution is -0.143. The molecule has 0 saturated carbocycles. The van der Waals surface area contributed by atoms with E-state index in [1.165, 1.54) is 30.6 Å². The molecule has 9 heteroatoms. The lowest BCUT2D eigenvalue weighted by Crippen LogP contribution is -2.20. The van der Waals surface area contributed by atoms with E-state index >= 15 is 0 Å². The number of benzene rings is 2. The van der Waals surface area contributed by atoms with Gasteiger partial charge in [0.25, 0.3) is 0 Å². The maximum Gasteiger partial charge on any atom is 0.416 e. The molecule has 0 unspecified atom stereocenters. The molecule has 0 bridgehead atoms. The molecule has 2 aromatic carbocycles. The SMILES string of the molecule is COC(=O)COc1ccc(N(C)CCc2cnc(-c3ccc(C(F)(F)F)cc3)s2)cc1C. The Bertz CT molecular complexity index is 1070. The second-order valence-electron chi connectivity index (χ2n) is 7.19. The van der Waals surface area contributed by atoms with Crippen molar-refractivity contribution in [2.75, 3.05) is 32.2 Å². The Morgan fingerprint density at radius 2 is 1.88 bits per heavy atom. The molecule has 1 aromatic heterocycles. The van der Waals surface area contributed by atoms with E-state index in [-0.39, 0.29) is 6.61 Å². The van der Waals surface area contributed by atoms with Crippen molar-refractivity contribution in [2.45, 2.75) is 19.5 Å². The number of esters is 1. The number of thiazole rings is 1. The number of carbonyl (C=O) groups excluding carboxylic acids is 1. The molecule has 0 aliphatic rings. The highest BCUT2D eigenvalue weighted by atomic mass is 32.1. The fraction of sp³-hybridized carbons (Fsp3) is 0.304. The molecule has 0 amide bonds. The standard InChI is InChI=1S/C23H23F3N2O3S/c1-15-12-18(8-9-20(15)31-14-21(29)30-3)28(2)11-10-19-13-27-22(32-19)16-4-6-17(7-5-16)23(24,25)26/h4-9,12-13H,10-11,14H2,1-3H3. The van der Waals surface area contributed by atoms with Crippen molar-refractivity contribution in [3.05, 3.63) is 64.7 Å². The number of aromatic nitrogens is 1. The van der Waals surface area contributed by atoms with Gasteiger partial charge in [-0.05, 0) is 42.8 Å². The number of halogens is 3. The van der Waals surface area contributed by atoms with Gasteiger partial charge in [-0.15, -0.1) is 11.3 Å². The number of likely N-dealkylation sites (N-methyl/N-ethyl adjacent to an activating group) is 1. The van der Waals surface area contributed by atoms with Crippen LogP contribution >= 0.6 is 11.3 Å². The van der Waals surface area contributed by atoms with Gasteiger partial charge in [-0.3, -0.25) is 0 Å². The summed E-state index contributed by atoms with van der Waals surface area (Å²) in [7, 11) is 3.29. The molecule has 1 heterocycles. The minimum atomic E-state index is -4.35. The average molecular weight is 465 g/mol. The Morgan fingerprint density at radius 3 is 2.50 bits per heavy atom. The third-order valence-electron chi connectivity index (χ3n) is 4.88. The van der Waals surface area contributed by atoms with Crippen LogP contribution in [0.15, 0.2) is 48.7 Å². The van der Waals surface area contributed by atoms with Gasteiger partial charge < -0.3 is 14.4 Å². The first kappa shape index (κ1) is 23.6. The second-order valence-corrected chi connectivity index (χ2v) is 8.31. The Hall–Kier alpha value is -3.07. The van der Waals surface area contributed by atoms with Gasteiger partial charge in [-0.25, -0.2) is 9.78 Å². The Kier molecular flexibility index (Phi) is 7.40. The molecule has 0 N–H and O–H groups in total. The Morgan fingerprint density at radius 1 is 1.16 bits per heavy atom. The van der Waals surface area contributed by atoms with Crippen molar-refractivity contribution in [1.82, 2.24) is 4.98 Å². The summed E-state index contributed by atoms with van der Waals surface area (Å²) in [5.74, 6) is 0.182. The monoisotopic (exact) mass is 464 g/mol. The smallest absolute Gasteiger partial charge is 0.416 e. The van der Waals surface area contributed by atoms with Gasteiger partial charge in [0.2, 0.25) is 0 Å². The van der Waals surface area contributed by atoms with E-state index < -0.39 is 17.7 Å². The summed E-state index contributed by atoms with van der Waals surface area (Å²) >= 11 is 1.47. The van der Waals surface area contributed by atoms with Crippen LogP contribution in [-0.4, -0.2) is 38.3 Å². The molecule has 3 rings (SSSR count). The van der Waals surface area contributed by atoms with Gasteiger partial charge in [0.05, 0.1) is 12.7 Å². The summed E-state index contributed by atoms with van der Waals surface area (Å²) in [6.45, 7) is 2.50. The predicted molar refractivity (Wildman–Crippen MR) is 118 cm³/mol. The number of hydrogen-bond donors (Lipinski definition) is 0. The summed E-state index contributed by atoms with van der Waals surface area (Å²) in [4.78, 5) is 18.7. The van der Waals surface area contributed by atoms with E-state index in [1.54, 1.807) is 6.20 Å². The number of aryl methyl sites for hydroxylation is 1. The molecule has 5 nitrogen and oxygen atoms in total. The van der Waals surface area contributed by atoms with E-state index in [0.29, 0.717) is 16.3 Å². The van der Waals surface area contributed by atoms with Crippen LogP contribution in [0.4, 0.5) is 18.9 Å².